The summed E-state index contributed by atoms with van der Waals surface area (Å²) in [5.74, 6) is 0.851. The molecule has 0 aliphatic rings. The van der Waals surface area contributed by atoms with Crippen LogP contribution in [0.4, 0.5) is 5.95 Å². The van der Waals surface area contributed by atoms with Crippen molar-refractivity contribution in [2.24, 2.45) is 0 Å². The lowest BCUT2D eigenvalue weighted by Crippen LogP contribution is -2.14. The van der Waals surface area contributed by atoms with Crippen LogP contribution in [0.3, 0.4) is 0 Å². The number of nitrogens with zero attached hydrogens (tertiary/aromatic N) is 4. The number of aromatic amines is 1. The van der Waals surface area contributed by atoms with Crippen LogP contribution < -0.4 is 4.90 Å². The van der Waals surface area contributed by atoms with Crippen LogP contribution in [-0.2, 0) is 5.60 Å². The van der Waals surface area contributed by atoms with Crippen LogP contribution in [0.1, 0.15) is 19.4 Å². The highest BCUT2D eigenvalue weighted by molar-refractivity contribution is 5.86. The summed E-state index contributed by atoms with van der Waals surface area (Å²) in [6.07, 6.45) is 3.73. The average Bonchev–Trinajstić information content (AvgIpc) is 3.18. The van der Waals surface area contributed by atoms with Gasteiger partial charge in [0.25, 0.3) is 0 Å². The number of fused-ring (bicyclic) bond motifs is 3. The predicted octanol–water partition coefficient (Wildman–Crippen LogP) is 3.17. The quantitative estimate of drug-likeness (QED) is 0.603. The molecule has 0 unspecified atom stereocenters. The molecule has 3 aromatic heterocycles. The Labute approximate surface area is 145 Å². The Hall–Kier alpha value is -2.86. The lowest BCUT2D eigenvalue weighted by molar-refractivity contribution is 0.0786. The van der Waals surface area contributed by atoms with Crippen molar-refractivity contribution in [1.82, 2.24) is 19.4 Å². The maximum atomic E-state index is 10.2. The van der Waals surface area contributed by atoms with Crippen molar-refractivity contribution in [3.63, 3.8) is 0 Å². The molecule has 0 saturated heterocycles. The van der Waals surface area contributed by atoms with Crippen LogP contribution in [0.25, 0.3) is 27.9 Å². The number of hydrogen-bond donors (Lipinski definition) is 2. The molecule has 0 aliphatic heterocycles. The van der Waals surface area contributed by atoms with E-state index in [-0.39, 0.29) is 0 Å². The molecule has 128 valence electrons. The van der Waals surface area contributed by atoms with Gasteiger partial charge < -0.3 is 15.0 Å². The van der Waals surface area contributed by atoms with E-state index in [0.717, 1.165) is 39.4 Å². The topological polar surface area (TPSA) is 69.4 Å². The van der Waals surface area contributed by atoms with Crippen molar-refractivity contribution in [3.05, 3.63) is 48.3 Å². The fraction of sp³-hybridized carbons (Fsp3) is 0.263. The van der Waals surface area contributed by atoms with Gasteiger partial charge in [-0.1, -0.05) is 24.3 Å². The molecular formula is C19H21N5O. The molecule has 0 spiro atoms. The van der Waals surface area contributed by atoms with Crippen molar-refractivity contribution < 1.29 is 5.11 Å². The summed E-state index contributed by atoms with van der Waals surface area (Å²) in [7, 11) is 3.96. The normalized spacial score (nSPS) is 12.2. The summed E-state index contributed by atoms with van der Waals surface area (Å²) in [6.45, 7) is 3.56. The molecule has 1 aromatic carbocycles. The number of hydrogen-bond acceptors (Lipinski definition) is 4. The van der Waals surface area contributed by atoms with Crippen molar-refractivity contribution in [2.45, 2.75) is 19.4 Å². The SMILES string of the molecule is CN(C)c1nc(-c2ccc(C(C)(C)O)cc2)c2cnc3[nH]ccc3n12. The Morgan fingerprint density at radius 3 is 2.44 bits per heavy atom. The fourth-order valence-electron chi connectivity index (χ4n) is 3.09. The highest BCUT2D eigenvalue weighted by atomic mass is 16.3. The van der Waals surface area contributed by atoms with Crippen molar-refractivity contribution in [1.29, 1.82) is 0 Å². The van der Waals surface area contributed by atoms with Gasteiger partial charge in [0, 0.05) is 25.9 Å². The summed E-state index contributed by atoms with van der Waals surface area (Å²) < 4.78 is 2.11. The maximum absolute atomic E-state index is 10.2. The molecule has 0 aliphatic carbocycles. The lowest BCUT2D eigenvalue weighted by atomic mass is 9.97. The number of H-pyrrole nitrogens is 1. The van der Waals surface area contributed by atoms with Crippen molar-refractivity contribution in [2.75, 3.05) is 19.0 Å². The standard InChI is InChI=1S/C19H21N5O/c1-19(2,25)13-7-5-12(6-8-13)16-15-11-21-17-14(9-10-20-17)24(15)18(22-16)23(3)4/h5-11,20,25H,1-4H3. The van der Waals surface area contributed by atoms with Crippen LogP contribution in [-0.4, -0.2) is 38.6 Å². The zero-order valence-corrected chi connectivity index (χ0v) is 14.8. The van der Waals surface area contributed by atoms with E-state index >= 15 is 0 Å². The second-order valence-electron chi connectivity index (χ2n) is 6.98. The molecule has 4 aromatic rings. The van der Waals surface area contributed by atoms with E-state index in [1.165, 1.54) is 0 Å². The van der Waals surface area contributed by atoms with Crippen LogP contribution in [0.5, 0.6) is 0 Å². The van der Waals surface area contributed by atoms with E-state index in [0.29, 0.717) is 0 Å². The molecule has 4 rings (SSSR count). The summed E-state index contributed by atoms with van der Waals surface area (Å²) in [6, 6.07) is 9.88. The van der Waals surface area contributed by atoms with Gasteiger partial charge in [-0.15, -0.1) is 0 Å². The Morgan fingerprint density at radius 1 is 1.08 bits per heavy atom. The Bertz CT molecular complexity index is 1050. The third-order valence-electron chi connectivity index (χ3n) is 4.42. The minimum absolute atomic E-state index is 0.830. The summed E-state index contributed by atoms with van der Waals surface area (Å²) >= 11 is 0. The van der Waals surface area contributed by atoms with Gasteiger partial charge >= 0.3 is 0 Å². The van der Waals surface area contributed by atoms with Gasteiger partial charge in [-0.25, -0.2) is 9.97 Å². The Kier molecular flexibility index (Phi) is 3.33. The number of aromatic nitrogens is 4. The number of nitrogens with one attached hydrogen (secondary N) is 1. The molecule has 6 nitrogen and oxygen atoms in total. The molecule has 6 heteroatoms. The highest BCUT2D eigenvalue weighted by Crippen LogP contribution is 2.31. The highest BCUT2D eigenvalue weighted by Gasteiger charge is 2.19. The third kappa shape index (κ3) is 2.46. The van der Waals surface area contributed by atoms with E-state index in [2.05, 4.69) is 14.4 Å². The van der Waals surface area contributed by atoms with Crippen LogP contribution in [0.15, 0.2) is 42.7 Å². The van der Waals surface area contributed by atoms with Gasteiger partial charge in [0.2, 0.25) is 5.95 Å². The molecule has 0 atom stereocenters. The van der Waals surface area contributed by atoms with E-state index in [1.807, 2.05) is 61.7 Å². The molecule has 25 heavy (non-hydrogen) atoms. The van der Waals surface area contributed by atoms with Crippen LogP contribution in [0, 0.1) is 0 Å². The van der Waals surface area contributed by atoms with Gasteiger partial charge in [0.15, 0.2) is 5.65 Å². The van der Waals surface area contributed by atoms with Gasteiger partial charge in [0.05, 0.1) is 28.5 Å². The monoisotopic (exact) mass is 335 g/mol. The van der Waals surface area contributed by atoms with Gasteiger partial charge in [0.1, 0.15) is 0 Å². The minimum Gasteiger partial charge on any atom is -0.386 e. The van der Waals surface area contributed by atoms with E-state index in [1.54, 1.807) is 13.8 Å². The first-order valence-corrected chi connectivity index (χ1v) is 8.21. The smallest absolute Gasteiger partial charge is 0.210 e. The van der Waals surface area contributed by atoms with E-state index < -0.39 is 5.60 Å². The first kappa shape index (κ1) is 15.7. The van der Waals surface area contributed by atoms with Crippen molar-refractivity contribution in [3.8, 4) is 11.3 Å². The maximum Gasteiger partial charge on any atom is 0.210 e. The molecule has 3 heterocycles. The first-order valence-electron chi connectivity index (χ1n) is 8.21. The molecular weight excluding hydrogens is 314 g/mol. The summed E-state index contributed by atoms with van der Waals surface area (Å²) in [5.41, 5.74) is 4.66. The van der Waals surface area contributed by atoms with Gasteiger partial charge in [-0.3, -0.25) is 4.40 Å². The molecule has 0 fully saturated rings. The van der Waals surface area contributed by atoms with Crippen LogP contribution >= 0.6 is 0 Å². The second-order valence-corrected chi connectivity index (χ2v) is 6.98. The molecule has 0 saturated carbocycles. The van der Waals surface area contributed by atoms with E-state index in [9.17, 15) is 5.11 Å². The molecule has 0 radical (unpaired) electrons. The molecule has 0 amide bonds. The van der Waals surface area contributed by atoms with Gasteiger partial charge in [-0.2, -0.15) is 0 Å². The Morgan fingerprint density at radius 2 is 1.80 bits per heavy atom. The Balaban J connectivity index is 1.96. The van der Waals surface area contributed by atoms with Crippen molar-refractivity contribution >= 4 is 22.6 Å². The number of anilines is 1. The number of rotatable bonds is 3. The summed E-state index contributed by atoms with van der Waals surface area (Å²) in [4.78, 5) is 14.5. The minimum atomic E-state index is -0.859. The number of imidazole rings is 1. The predicted molar refractivity (Wildman–Crippen MR) is 99.9 cm³/mol. The molecule has 2 N–H and O–H groups in total. The van der Waals surface area contributed by atoms with Crippen LogP contribution in [0.2, 0.25) is 0 Å². The first-order chi connectivity index (χ1) is 11.9. The van der Waals surface area contributed by atoms with Gasteiger partial charge in [-0.05, 0) is 25.5 Å². The fourth-order valence-corrected chi connectivity index (χ4v) is 3.09. The zero-order valence-electron chi connectivity index (χ0n) is 14.8. The third-order valence-corrected chi connectivity index (χ3v) is 4.42. The summed E-state index contributed by atoms with van der Waals surface area (Å²) in [5, 5.41) is 10.2. The zero-order chi connectivity index (χ0) is 17.8. The molecule has 0 bridgehead atoms. The van der Waals surface area contributed by atoms with E-state index in [4.69, 9.17) is 4.98 Å². The largest absolute Gasteiger partial charge is 0.386 e. The lowest BCUT2D eigenvalue weighted by Gasteiger charge is -2.17. The average molecular weight is 335 g/mol. The number of aliphatic hydroxyl groups is 1. The second kappa shape index (κ2) is 5.32. The number of benzene rings is 1.